The van der Waals surface area contributed by atoms with E-state index in [0.717, 1.165) is 13.1 Å². The van der Waals surface area contributed by atoms with Crippen LogP contribution in [0.2, 0.25) is 0 Å². The summed E-state index contributed by atoms with van der Waals surface area (Å²) in [7, 11) is 0. The van der Waals surface area contributed by atoms with E-state index in [2.05, 4.69) is 43.4 Å². The van der Waals surface area contributed by atoms with Gasteiger partial charge in [0.1, 0.15) is 0 Å². The van der Waals surface area contributed by atoms with Gasteiger partial charge in [-0.25, -0.2) is 0 Å². The minimum atomic E-state index is 0.211. The molecule has 18 heavy (non-hydrogen) atoms. The number of aryl methyl sites for hydroxylation is 1. The molecule has 0 aliphatic heterocycles. The van der Waals surface area contributed by atoms with Crippen LogP contribution in [0.3, 0.4) is 0 Å². The molecule has 1 N–H and O–H groups in total. The van der Waals surface area contributed by atoms with Gasteiger partial charge in [-0.05, 0) is 50.3 Å². The third-order valence-corrected chi connectivity index (χ3v) is 3.70. The summed E-state index contributed by atoms with van der Waals surface area (Å²) in [5, 5.41) is 3.49. The van der Waals surface area contributed by atoms with Crippen LogP contribution in [-0.2, 0) is 4.74 Å². The van der Waals surface area contributed by atoms with Crippen LogP contribution in [0.5, 0.6) is 0 Å². The molecule has 0 radical (unpaired) electrons. The van der Waals surface area contributed by atoms with Crippen LogP contribution in [0.15, 0.2) is 24.3 Å². The van der Waals surface area contributed by atoms with Gasteiger partial charge in [0.25, 0.3) is 0 Å². The lowest BCUT2D eigenvalue weighted by atomic mass is 9.95. The molecule has 0 bridgehead atoms. The van der Waals surface area contributed by atoms with E-state index in [-0.39, 0.29) is 6.10 Å². The van der Waals surface area contributed by atoms with E-state index in [1.54, 1.807) is 0 Å². The summed E-state index contributed by atoms with van der Waals surface area (Å²) in [4.78, 5) is 0. The topological polar surface area (TPSA) is 21.3 Å². The summed E-state index contributed by atoms with van der Waals surface area (Å²) in [6.45, 7) is 6.36. The van der Waals surface area contributed by atoms with Gasteiger partial charge in [0.2, 0.25) is 0 Å². The normalized spacial score (nSPS) is 17.4. The first kappa shape index (κ1) is 13.6. The predicted octanol–water partition coefficient (Wildman–Crippen LogP) is 3.60. The first-order chi connectivity index (χ1) is 8.81. The highest BCUT2D eigenvalue weighted by Gasteiger charge is 2.24. The van der Waals surface area contributed by atoms with Gasteiger partial charge in [-0.15, -0.1) is 0 Å². The molecule has 1 aromatic carbocycles. The molecule has 1 aromatic rings. The fourth-order valence-electron chi connectivity index (χ4n) is 2.33. The van der Waals surface area contributed by atoms with Crippen molar-refractivity contribution in [2.75, 3.05) is 13.1 Å². The molecule has 1 fully saturated rings. The summed E-state index contributed by atoms with van der Waals surface area (Å²) < 4.78 is 6.24. The number of rotatable bonds is 7. The highest BCUT2D eigenvalue weighted by Crippen LogP contribution is 2.29. The molecule has 1 unspecified atom stereocenters. The van der Waals surface area contributed by atoms with Gasteiger partial charge < -0.3 is 10.1 Å². The molecule has 0 heterocycles. The average Bonchev–Trinajstić information content (AvgIpc) is 2.32. The minimum Gasteiger partial charge on any atom is -0.369 e. The van der Waals surface area contributed by atoms with Crippen molar-refractivity contribution in [3.63, 3.8) is 0 Å². The Hall–Kier alpha value is -0.860. The van der Waals surface area contributed by atoms with E-state index in [1.807, 2.05) is 0 Å². The maximum atomic E-state index is 6.24. The van der Waals surface area contributed by atoms with E-state index >= 15 is 0 Å². The highest BCUT2D eigenvalue weighted by atomic mass is 16.5. The molecule has 0 amide bonds. The lowest BCUT2D eigenvalue weighted by Crippen LogP contribution is -2.30. The molecular formula is C16H25NO. The second kappa shape index (κ2) is 6.91. The summed E-state index contributed by atoms with van der Waals surface area (Å²) in [5.74, 6) is 0. The van der Waals surface area contributed by atoms with Gasteiger partial charge in [-0.1, -0.05) is 31.2 Å². The van der Waals surface area contributed by atoms with E-state index in [1.165, 1.54) is 36.8 Å². The van der Waals surface area contributed by atoms with Crippen LogP contribution in [0.25, 0.3) is 0 Å². The molecule has 1 atom stereocenters. The van der Waals surface area contributed by atoms with Crippen LogP contribution in [0.4, 0.5) is 0 Å². The molecule has 100 valence electrons. The molecule has 1 saturated carbocycles. The van der Waals surface area contributed by atoms with Gasteiger partial charge in [-0.2, -0.15) is 0 Å². The van der Waals surface area contributed by atoms with E-state index in [0.29, 0.717) is 6.10 Å². The standard InChI is InChI=1S/C16H25NO/c1-3-11-17-12-16(18-14-8-6-9-14)15-10-5-4-7-13(15)2/h4-5,7,10,14,16-17H,3,6,8-9,11-12H2,1-2H3. The zero-order chi connectivity index (χ0) is 12.8. The minimum absolute atomic E-state index is 0.211. The number of hydrogen-bond donors (Lipinski definition) is 1. The molecular weight excluding hydrogens is 222 g/mol. The molecule has 0 spiro atoms. The Balaban J connectivity index is 2.00. The molecule has 2 nitrogen and oxygen atoms in total. The van der Waals surface area contributed by atoms with Crippen molar-refractivity contribution in [1.29, 1.82) is 0 Å². The van der Waals surface area contributed by atoms with Crippen molar-refractivity contribution in [3.05, 3.63) is 35.4 Å². The van der Waals surface area contributed by atoms with Crippen molar-refractivity contribution in [2.24, 2.45) is 0 Å². The summed E-state index contributed by atoms with van der Waals surface area (Å²) in [6, 6.07) is 8.58. The van der Waals surface area contributed by atoms with Crippen LogP contribution in [-0.4, -0.2) is 19.2 Å². The van der Waals surface area contributed by atoms with Crippen molar-refractivity contribution >= 4 is 0 Å². The Kier molecular flexibility index (Phi) is 5.21. The number of benzene rings is 1. The molecule has 2 heteroatoms. The quantitative estimate of drug-likeness (QED) is 0.743. The van der Waals surface area contributed by atoms with Crippen LogP contribution in [0, 0.1) is 6.92 Å². The summed E-state index contributed by atoms with van der Waals surface area (Å²) >= 11 is 0. The summed E-state index contributed by atoms with van der Waals surface area (Å²) in [5.41, 5.74) is 2.67. The molecule has 1 aliphatic rings. The monoisotopic (exact) mass is 247 g/mol. The molecule has 0 saturated heterocycles. The second-order valence-corrected chi connectivity index (χ2v) is 5.24. The SMILES string of the molecule is CCCNCC(OC1CCC1)c1ccccc1C. The zero-order valence-corrected chi connectivity index (χ0v) is 11.6. The lowest BCUT2D eigenvalue weighted by Gasteiger charge is -2.31. The van der Waals surface area contributed by atoms with E-state index in [4.69, 9.17) is 4.74 Å². The Bertz CT molecular complexity index is 360. The largest absolute Gasteiger partial charge is 0.369 e. The summed E-state index contributed by atoms with van der Waals surface area (Å²) in [6.07, 6.45) is 5.66. The second-order valence-electron chi connectivity index (χ2n) is 5.24. The Morgan fingerprint density at radius 2 is 2.11 bits per heavy atom. The first-order valence-corrected chi connectivity index (χ1v) is 7.23. The Labute approximate surface area is 111 Å². The van der Waals surface area contributed by atoms with Crippen molar-refractivity contribution in [2.45, 2.75) is 51.7 Å². The maximum Gasteiger partial charge on any atom is 0.0955 e. The third kappa shape index (κ3) is 3.56. The van der Waals surface area contributed by atoms with Crippen molar-refractivity contribution in [1.82, 2.24) is 5.32 Å². The molecule has 1 aliphatic carbocycles. The Morgan fingerprint density at radius 3 is 2.72 bits per heavy atom. The van der Waals surface area contributed by atoms with Gasteiger partial charge in [0.15, 0.2) is 0 Å². The fraction of sp³-hybridized carbons (Fsp3) is 0.625. The number of hydrogen-bond acceptors (Lipinski definition) is 2. The maximum absolute atomic E-state index is 6.24. The number of ether oxygens (including phenoxy) is 1. The van der Waals surface area contributed by atoms with E-state index < -0.39 is 0 Å². The highest BCUT2D eigenvalue weighted by molar-refractivity contribution is 5.28. The van der Waals surface area contributed by atoms with E-state index in [9.17, 15) is 0 Å². The van der Waals surface area contributed by atoms with Gasteiger partial charge in [0.05, 0.1) is 12.2 Å². The first-order valence-electron chi connectivity index (χ1n) is 7.23. The van der Waals surface area contributed by atoms with Crippen LogP contribution < -0.4 is 5.32 Å². The van der Waals surface area contributed by atoms with Gasteiger partial charge in [-0.3, -0.25) is 0 Å². The van der Waals surface area contributed by atoms with Crippen LogP contribution >= 0.6 is 0 Å². The van der Waals surface area contributed by atoms with Crippen molar-refractivity contribution < 1.29 is 4.74 Å². The predicted molar refractivity (Wildman–Crippen MR) is 75.8 cm³/mol. The lowest BCUT2D eigenvalue weighted by molar-refractivity contribution is -0.0521. The van der Waals surface area contributed by atoms with Gasteiger partial charge >= 0.3 is 0 Å². The third-order valence-electron chi connectivity index (χ3n) is 3.70. The van der Waals surface area contributed by atoms with Gasteiger partial charge in [0, 0.05) is 6.54 Å². The van der Waals surface area contributed by atoms with Crippen LogP contribution in [0.1, 0.15) is 49.8 Å². The fourth-order valence-corrected chi connectivity index (χ4v) is 2.33. The number of nitrogens with one attached hydrogen (secondary N) is 1. The average molecular weight is 247 g/mol. The zero-order valence-electron chi connectivity index (χ0n) is 11.6. The van der Waals surface area contributed by atoms with Crippen molar-refractivity contribution in [3.8, 4) is 0 Å². The Morgan fingerprint density at radius 1 is 1.33 bits per heavy atom. The smallest absolute Gasteiger partial charge is 0.0955 e. The molecule has 0 aromatic heterocycles. The molecule has 2 rings (SSSR count).